The fraction of sp³-hybridized carbons (Fsp3) is 0.222. The second-order valence-electron chi connectivity index (χ2n) is 5.54. The third kappa shape index (κ3) is 3.85. The Labute approximate surface area is 152 Å². The summed E-state index contributed by atoms with van der Waals surface area (Å²) in [5, 5.41) is 0. The number of carbonyl (C=O) groups is 2. The predicted octanol–water partition coefficient (Wildman–Crippen LogP) is 2.68. The molecule has 7 nitrogen and oxygen atoms in total. The number of anilines is 1. The molecule has 0 saturated carbocycles. The van der Waals surface area contributed by atoms with Crippen LogP contribution in [0, 0.1) is 13.8 Å². The van der Waals surface area contributed by atoms with E-state index in [0.29, 0.717) is 11.1 Å². The lowest BCUT2D eigenvalue weighted by molar-refractivity contribution is 0.0590. The number of nitrogens with one attached hydrogen (secondary N) is 1. The van der Waals surface area contributed by atoms with Gasteiger partial charge in [-0.25, -0.2) is 18.0 Å². The highest BCUT2D eigenvalue weighted by molar-refractivity contribution is 7.92. The zero-order valence-electron chi connectivity index (χ0n) is 14.8. The molecule has 0 aliphatic rings. The van der Waals surface area contributed by atoms with E-state index in [4.69, 9.17) is 0 Å². The van der Waals surface area contributed by atoms with Crippen LogP contribution >= 0.6 is 0 Å². The molecule has 8 heteroatoms. The molecule has 2 aromatic rings. The monoisotopic (exact) mass is 377 g/mol. The molecule has 26 heavy (non-hydrogen) atoms. The Bertz CT molecular complexity index is 966. The molecule has 0 spiro atoms. The number of benzene rings is 2. The molecule has 2 rings (SSSR count). The number of rotatable bonds is 5. The molecule has 0 bridgehead atoms. The minimum absolute atomic E-state index is 0.0913. The van der Waals surface area contributed by atoms with E-state index in [2.05, 4.69) is 14.2 Å². The van der Waals surface area contributed by atoms with Crippen molar-refractivity contribution >= 4 is 27.6 Å². The Balaban J connectivity index is 2.45. The second kappa shape index (κ2) is 7.57. The minimum Gasteiger partial charge on any atom is -0.465 e. The van der Waals surface area contributed by atoms with Crippen molar-refractivity contribution in [3.63, 3.8) is 0 Å². The van der Waals surface area contributed by atoms with E-state index in [1.807, 2.05) is 0 Å². The summed E-state index contributed by atoms with van der Waals surface area (Å²) in [6, 6.07) is 8.80. The van der Waals surface area contributed by atoms with E-state index in [1.165, 1.54) is 38.5 Å². The third-order valence-electron chi connectivity index (χ3n) is 3.91. The van der Waals surface area contributed by atoms with Crippen molar-refractivity contribution < 1.29 is 27.5 Å². The average Bonchev–Trinajstić information content (AvgIpc) is 2.62. The molecule has 2 aromatic carbocycles. The molecule has 0 heterocycles. The van der Waals surface area contributed by atoms with Crippen LogP contribution in [0.1, 0.15) is 31.8 Å². The summed E-state index contributed by atoms with van der Waals surface area (Å²) < 4.78 is 37.2. The van der Waals surface area contributed by atoms with E-state index < -0.39 is 22.0 Å². The molecular weight excluding hydrogens is 358 g/mol. The Morgan fingerprint density at radius 3 is 2.15 bits per heavy atom. The van der Waals surface area contributed by atoms with Gasteiger partial charge >= 0.3 is 11.9 Å². The Morgan fingerprint density at radius 1 is 0.923 bits per heavy atom. The van der Waals surface area contributed by atoms with Crippen molar-refractivity contribution in [3.8, 4) is 0 Å². The van der Waals surface area contributed by atoms with Crippen molar-refractivity contribution in [1.29, 1.82) is 0 Å². The molecule has 138 valence electrons. The highest BCUT2D eigenvalue weighted by Gasteiger charge is 2.20. The first-order chi connectivity index (χ1) is 12.2. The van der Waals surface area contributed by atoms with Gasteiger partial charge in [-0.05, 0) is 49.2 Å². The van der Waals surface area contributed by atoms with E-state index in [1.54, 1.807) is 26.0 Å². The second-order valence-corrected chi connectivity index (χ2v) is 7.23. The van der Waals surface area contributed by atoms with Crippen LogP contribution < -0.4 is 4.72 Å². The first-order valence-electron chi connectivity index (χ1n) is 7.61. The van der Waals surface area contributed by atoms with Crippen molar-refractivity contribution in [2.75, 3.05) is 18.9 Å². The highest BCUT2D eigenvalue weighted by Crippen LogP contribution is 2.24. The third-order valence-corrected chi connectivity index (χ3v) is 5.27. The van der Waals surface area contributed by atoms with E-state index in [9.17, 15) is 18.0 Å². The maximum absolute atomic E-state index is 12.7. The van der Waals surface area contributed by atoms with Crippen LogP contribution in [0.25, 0.3) is 0 Å². The molecular formula is C18H19NO6S. The summed E-state index contributed by atoms with van der Waals surface area (Å²) >= 11 is 0. The number of sulfonamides is 1. The lowest BCUT2D eigenvalue weighted by Crippen LogP contribution is -2.16. The molecule has 0 aliphatic carbocycles. The van der Waals surface area contributed by atoms with Gasteiger partial charge < -0.3 is 9.47 Å². The fourth-order valence-corrected chi connectivity index (χ4v) is 3.53. The summed E-state index contributed by atoms with van der Waals surface area (Å²) in [6.07, 6.45) is 0. The van der Waals surface area contributed by atoms with Crippen LogP contribution in [-0.2, 0) is 19.5 Å². The molecule has 0 amide bonds. The van der Waals surface area contributed by atoms with Gasteiger partial charge in [-0.15, -0.1) is 0 Å². The lowest BCUT2D eigenvalue weighted by atomic mass is 10.1. The molecule has 0 radical (unpaired) electrons. The first-order valence-corrected chi connectivity index (χ1v) is 9.09. The van der Waals surface area contributed by atoms with Gasteiger partial charge in [0.15, 0.2) is 0 Å². The summed E-state index contributed by atoms with van der Waals surface area (Å²) in [5.74, 6) is -1.18. The highest BCUT2D eigenvalue weighted by atomic mass is 32.2. The Morgan fingerprint density at radius 2 is 1.54 bits per heavy atom. The van der Waals surface area contributed by atoms with Crippen LogP contribution in [0.4, 0.5) is 5.69 Å². The molecule has 0 unspecified atom stereocenters. The number of hydrogen-bond acceptors (Lipinski definition) is 6. The first kappa shape index (κ1) is 19.5. The SMILES string of the molecule is COC(=O)c1cc(S(=O)(=O)Nc2cccc(C(=O)OC)c2C)ccc1C. The maximum atomic E-state index is 12.7. The van der Waals surface area contributed by atoms with Crippen molar-refractivity contribution in [2.24, 2.45) is 0 Å². The number of hydrogen-bond donors (Lipinski definition) is 1. The molecule has 0 saturated heterocycles. The van der Waals surface area contributed by atoms with Gasteiger partial charge in [0.25, 0.3) is 10.0 Å². The van der Waals surface area contributed by atoms with Crippen molar-refractivity contribution in [2.45, 2.75) is 18.7 Å². The quantitative estimate of drug-likeness (QED) is 0.805. The summed E-state index contributed by atoms with van der Waals surface area (Å²) in [6.45, 7) is 3.29. The topological polar surface area (TPSA) is 98.8 Å². The van der Waals surface area contributed by atoms with Crippen LogP contribution in [-0.4, -0.2) is 34.6 Å². The van der Waals surface area contributed by atoms with Gasteiger partial charge in [0, 0.05) is 0 Å². The standard InChI is InChI=1S/C18H19NO6S/c1-11-8-9-13(10-15(11)18(21)25-4)26(22,23)19-16-7-5-6-14(12(16)2)17(20)24-3/h5-10,19H,1-4H3. The smallest absolute Gasteiger partial charge is 0.338 e. The van der Waals surface area contributed by atoms with Crippen LogP contribution in [0.2, 0.25) is 0 Å². The average molecular weight is 377 g/mol. The molecule has 0 atom stereocenters. The maximum Gasteiger partial charge on any atom is 0.338 e. The van der Waals surface area contributed by atoms with Crippen LogP contribution in [0.15, 0.2) is 41.3 Å². The van der Waals surface area contributed by atoms with Gasteiger partial charge in [0.1, 0.15) is 0 Å². The summed E-state index contributed by atoms with van der Waals surface area (Å²) in [7, 11) is -1.50. The van der Waals surface area contributed by atoms with E-state index >= 15 is 0 Å². The molecule has 0 fully saturated rings. The summed E-state index contributed by atoms with van der Waals surface area (Å²) in [4.78, 5) is 23.5. The number of esters is 2. The number of ether oxygens (including phenoxy) is 2. The number of aryl methyl sites for hydroxylation is 1. The summed E-state index contributed by atoms with van der Waals surface area (Å²) in [5.41, 5.74) is 1.69. The normalized spacial score (nSPS) is 10.9. The Hall–Kier alpha value is -2.87. The van der Waals surface area contributed by atoms with Gasteiger partial charge in [-0.3, -0.25) is 4.72 Å². The van der Waals surface area contributed by atoms with Crippen molar-refractivity contribution in [1.82, 2.24) is 0 Å². The minimum atomic E-state index is -3.98. The van der Waals surface area contributed by atoms with Gasteiger partial charge in [-0.2, -0.15) is 0 Å². The Kier molecular flexibility index (Phi) is 5.66. The van der Waals surface area contributed by atoms with E-state index in [-0.39, 0.29) is 21.7 Å². The van der Waals surface area contributed by atoms with E-state index in [0.717, 1.165) is 0 Å². The fourth-order valence-electron chi connectivity index (χ4n) is 2.38. The lowest BCUT2D eigenvalue weighted by Gasteiger charge is -2.14. The molecule has 0 aliphatic heterocycles. The predicted molar refractivity (Wildman–Crippen MR) is 95.8 cm³/mol. The van der Waals surface area contributed by atoms with Crippen LogP contribution in [0.3, 0.4) is 0 Å². The van der Waals surface area contributed by atoms with Gasteiger partial charge in [0.05, 0.1) is 35.9 Å². The van der Waals surface area contributed by atoms with Gasteiger partial charge in [-0.1, -0.05) is 12.1 Å². The number of carbonyl (C=O) groups excluding carboxylic acids is 2. The largest absolute Gasteiger partial charge is 0.465 e. The van der Waals surface area contributed by atoms with Gasteiger partial charge in [0.2, 0.25) is 0 Å². The number of methoxy groups -OCH3 is 2. The van der Waals surface area contributed by atoms with Crippen molar-refractivity contribution in [3.05, 3.63) is 58.7 Å². The zero-order valence-corrected chi connectivity index (χ0v) is 15.6. The zero-order chi connectivity index (χ0) is 19.5. The molecule has 0 aromatic heterocycles. The molecule has 1 N–H and O–H groups in total. The van der Waals surface area contributed by atoms with Crippen LogP contribution in [0.5, 0.6) is 0 Å².